The number of rotatable bonds is 11. The number of fused-ring (bicyclic) bond motifs is 1. The molecule has 0 aliphatic carbocycles. The van der Waals surface area contributed by atoms with Crippen molar-refractivity contribution in [3.05, 3.63) is 88.7 Å². The fourth-order valence-electron chi connectivity index (χ4n) is 4.61. The Morgan fingerprint density at radius 1 is 0.977 bits per heavy atom. The van der Waals surface area contributed by atoms with Crippen LogP contribution in [0.1, 0.15) is 53.0 Å². The van der Waals surface area contributed by atoms with E-state index >= 15 is 0 Å². The number of carbonyl (C=O) groups is 2. The van der Waals surface area contributed by atoms with Crippen molar-refractivity contribution in [3.8, 4) is 11.3 Å². The molecular formula is C31H29F6N3O3. The van der Waals surface area contributed by atoms with Crippen LogP contribution in [0.2, 0.25) is 0 Å². The summed E-state index contributed by atoms with van der Waals surface area (Å²) in [7, 11) is 1.53. The van der Waals surface area contributed by atoms with Crippen molar-refractivity contribution in [2.75, 3.05) is 13.7 Å². The maximum atomic E-state index is 13.8. The number of ether oxygens (including phenoxy) is 1. The number of nitrogens with one attached hydrogen (secondary N) is 1. The van der Waals surface area contributed by atoms with Gasteiger partial charge < -0.3 is 14.6 Å². The van der Waals surface area contributed by atoms with E-state index in [1.54, 1.807) is 24.3 Å². The van der Waals surface area contributed by atoms with Crippen LogP contribution < -0.4 is 5.32 Å². The summed E-state index contributed by atoms with van der Waals surface area (Å²) in [5, 5.41) is 3.04. The molecule has 0 aliphatic rings. The summed E-state index contributed by atoms with van der Waals surface area (Å²) in [6, 6.07) is 12.9. The van der Waals surface area contributed by atoms with Crippen molar-refractivity contribution in [2.24, 2.45) is 0 Å². The van der Waals surface area contributed by atoms with E-state index < -0.39 is 41.2 Å². The SMILES string of the molecule is COCCn1c(-c2ccc(C(F)(F)F)cc2)cc2cc(CC(=O)c3cc(CNC(=O)C(C)(C)F)cnc3C(F)F)ccc21. The quantitative estimate of drug-likeness (QED) is 0.146. The lowest BCUT2D eigenvalue weighted by Crippen LogP contribution is -2.38. The molecule has 0 aliphatic heterocycles. The molecule has 4 rings (SSSR count). The van der Waals surface area contributed by atoms with Crippen molar-refractivity contribution in [1.29, 1.82) is 0 Å². The summed E-state index contributed by atoms with van der Waals surface area (Å²) in [5.41, 5.74) is -1.26. The van der Waals surface area contributed by atoms with Gasteiger partial charge in [-0.1, -0.05) is 18.2 Å². The van der Waals surface area contributed by atoms with Crippen LogP contribution in [-0.4, -0.2) is 40.6 Å². The molecule has 0 radical (unpaired) electrons. The van der Waals surface area contributed by atoms with Crippen molar-refractivity contribution in [1.82, 2.24) is 14.9 Å². The summed E-state index contributed by atoms with van der Waals surface area (Å²) in [6.07, 6.45) is -6.65. The number of alkyl halides is 6. The molecule has 0 fully saturated rings. The van der Waals surface area contributed by atoms with Gasteiger partial charge in [0.25, 0.3) is 12.3 Å². The highest BCUT2D eigenvalue weighted by atomic mass is 19.4. The Labute approximate surface area is 243 Å². The van der Waals surface area contributed by atoms with Gasteiger partial charge in [0, 0.05) is 55.0 Å². The van der Waals surface area contributed by atoms with Crippen molar-refractivity contribution < 1.29 is 40.7 Å². The first-order valence-electron chi connectivity index (χ1n) is 13.2. The van der Waals surface area contributed by atoms with Crippen molar-refractivity contribution >= 4 is 22.6 Å². The van der Waals surface area contributed by atoms with Crippen LogP contribution in [0, 0.1) is 0 Å². The molecule has 2 aromatic carbocycles. The lowest BCUT2D eigenvalue weighted by atomic mass is 9.99. The average molecular weight is 606 g/mol. The Kier molecular flexibility index (Phi) is 9.29. The maximum Gasteiger partial charge on any atom is 0.416 e. The van der Waals surface area contributed by atoms with Crippen molar-refractivity contribution in [3.63, 3.8) is 0 Å². The molecule has 1 amide bonds. The molecule has 12 heteroatoms. The topological polar surface area (TPSA) is 73.2 Å². The molecule has 0 unspecified atom stereocenters. The summed E-state index contributed by atoms with van der Waals surface area (Å²) in [6.45, 7) is 2.67. The third kappa shape index (κ3) is 7.42. The Morgan fingerprint density at radius 3 is 2.28 bits per heavy atom. The Morgan fingerprint density at radius 2 is 1.67 bits per heavy atom. The molecule has 0 saturated carbocycles. The second kappa shape index (κ2) is 12.6. The lowest BCUT2D eigenvalue weighted by Gasteiger charge is -2.15. The first-order valence-corrected chi connectivity index (χ1v) is 13.2. The minimum absolute atomic E-state index is 0.212. The molecule has 4 aromatic rings. The zero-order valence-corrected chi connectivity index (χ0v) is 23.6. The van der Waals surface area contributed by atoms with Gasteiger partial charge in [-0.3, -0.25) is 14.6 Å². The largest absolute Gasteiger partial charge is 0.416 e. The number of ketones is 1. The zero-order chi connectivity index (χ0) is 31.5. The molecule has 6 nitrogen and oxygen atoms in total. The van der Waals surface area contributed by atoms with E-state index in [1.165, 1.54) is 25.3 Å². The number of benzene rings is 2. The number of carbonyl (C=O) groups excluding carboxylic acids is 2. The molecule has 2 heterocycles. The van der Waals surface area contributed by atoms with Crippen LogP contribution in [-0.2, 0) is 35.2 Å². The number of methoxy groups -OCH3 is 1. The van der Waals surface area contributed by atoms with Gasteiger partial charge in [-0.2, -0.15) is 13.2 Å². The molecular weight excluding hydrogens is 576 g/mol. The fourth-order valence-corrected chi connectivity index (χ4v) is 4.61. The Balaban J connectivity index is 1.64. The van der Waals surface area contributed by atoms with E-state index in [9.17, 15) is 35.9 Å². The monoisotopic (exact) mass is 605 g/mol. The van der Waals surface area contributed by atoms with Gasteiger partial charge in [0.15, 0.2) is 11.5 Å². The van der Waals surface area contributed by atoms with Crippen molar-refractivity contribution in [2.45, 2.75) is 51.6 Å². The minimum atomic E-state index is -4.47. The summed E-state index contributed by atoms with van der Waals surface area (Å²) in [5.74, 6) is -1.54. The number of hydrogen-bond donors (Lipinski definition) is 1. The predicted molar refractivity (Wildman–Crippen MR) is 149 cm³/mol. The smallest absolute Gasteiger partial charge is 0.383 e. The van der Waals surface area contributed by atoms with E-state index in [2.05, 4.69) is 10.3 Å². The van der Waals surface area contributed by atoms with E-state index in [0.717, 1.165) is 37.7 Å². The van der Waals surface area contributed by atoms with Crippen LogP contribution in [0.5, 0.6) is 0 Å². The van der Waals surface area contributed by atoms with Gasteiger partial charge in [-0.25, -0.2) is 13.2 Å². The van der Waals surface area contributed by atoms with E-state index in [0.29, 0.717) is 35.4 Å². The molecule has 0 spiro atoms. The minimum Gasteiger partial charge on any atom is -0.383 e. The number of hydrogen-bond acceptors (Lipinski definition) is 4. The number of amides is 1. The van der Waals surface area contributed by atoms with E-state index in [-0.39, 0.29) is 24.1 Å². The summed E-state index contributed by atoms with van der Waals surface area (Å²) < 4.78 is 87.6. The zero-order valence-electron chi connectivity index (χ0n) is 23.6. The van der Waals surface area contributed by atoms with Gasteiger partial charge >= 0.3 is 6.18 Å². The van der Waals surface area contributed by atoms with Gasteiger partial charge in [0.2, 0.25) is 0 Å². The van der Waals surface area contributed by atoms with Crippen LogP contribution >= 0.6 is 0 Å². The third-order valence-corrected chi connectivity index (χ3v) is 6.83. The maximum absolute atomic E-state index is 13.8. The van der Waals surface area contributed by atoms with Crippen LogP contribution in [0.25, 0.3) is 22.2 Å². The highest BCUT2D eigenvalue weighted by Gasteiger charge is 2.30. The number of halogens is 6. The second-order valence-electron chi connectivity index (χ2n) is 10.5. The number of aromatic nitrogens is 2. The molecule has 43 heavy (non-hydrogen) atoms. The van der Waals surface area contributed by atoms with E-state index in [4.69, 9.17) is 4.74 Å². The molecule has 1 N–H and O–H groups in total. The highest BCUT2D eigenvalue weighted by molar-refractivity contribution is 5.99. The second-order valence-corrected chi connectivity index (χ2v) is 10.5. The lowest BCUT2D eigenvalue weighted by molar-refractivity contribution is -0.137. The molecule has 2 aromatic heterocycles. The number of Topliss-reactive ketones (excluding diaryl/α,β-unsaturated/α-hetero) is 1. The Hall–Kier alpha value is -4.19. The van der Waals surface area contributed by atoms with Crippen LogP contribution in [0.15, 0.2) is 60.8 Å². The third-order valence-electron chi connectivity index (χ3n) is 6.83. The summed E-state index contributed by atoms with van der Waals surface area (Å²) >= 11 is 0. The van der Waals surface area contributed by atoms with Crippen LogP contribution in [0.3, 0.4) is 0 Å². The van der Waals surface area contributed by atoms with Gasteiger partial charge in [0.05, 0.1) is 12.2 Å². The fraction of sp³-hybridized carbons (Fsp3) is 0.323. The van der Waals surface area contributed by atoms with Gasteiger partial charge in [-0.05, 0) is 66.9 Å². The number of pyridine rings is 1. The number of nitrogens with zero attached hydrogens (tertiary/aromatic N) is 2. The van der Waals surface area contributed by atoms with E-state index in [1.807, 2.05) is 4.57 Å². The summed E-state index contributed by atoms with van der Waals surface area (Å²) in [4.78, 5) is 28.8. The molecule has 0 bridgehead atoms. The standard InChI is InChI=1S/C31H29F6N3O3/c1-30(2,34)29(42)39-17-19-13-23(27(28(32)33)38-16-19)26(41)14-18-4-9-24-21(12-18)15-25(40(24)10-11-43-3)20-5-7-22(8-6-20)31(35,36)37/h4-9,12-13,15-16,28H,10-11,14,17H2,1-3H3,(H,39,42). The molecule has 0 atom stereocenters. The first-order chi connectivity index (χ1) is 20.2. The first kappa shape index (κ1) is 31.7. The Bertz CT molecular complexity index is 1620. The predicted octanol–water partition coefficient (Wildman–Crippen LogP) is 7.10. The highest BCUT2D eigenvalue weighted by Crippen LogP contribution is 2.34. The molecule has 0 saturated heterocycles. The normalized spacial score (nSPS) is 12.2. The average Bonchev–Trinajstić information content (AvgIpc) is 3.31. The van der Waals surface area contributed by atoms with Gasteiger partial charge in [0.1, 0.15) is 5.69 Å². The van der Waals surface area contributed by atoms with Gasteiger partial charge in [-0.15, -0.1) is 0 Å². The van der Waals surface area contributed by atoms with Crippen LogP contribution in [0.4, 0.5) is 26.3 Å². The molecule has 228 valence electrons.